The van der Waals surface area contributed by atoms with E-state index in [0.29, 0.717) is 53.7 Å². The van der Waals surface area contributed by atoms with Crippen molar-refractivity contribution in [3.05, 3.63) is 80.1 Å². The van der Waals surface area contributed by atoms with Gasteiger partial charge in [0, 0.05) is 43.0 Å². The number of benzene rings is 1. The van der Waals surface area contributed by atoms with Gasteiger partial charge in [0.1, 0.15) is 23.6 Å². The molecule has 14 heteroatoms. The Bertz CT molecular complexity index is 1850. The molecular formula is C31H26Cl3F2N7O2. The molecule has 2 unspecified atom stereocenters. The van der Waals surface area contributed by atoms with Crippen LogP contribution in [0.3, 0.4) is 0 Å². The van der Waals surface area contributed by atoms with Gasteiger partial charge in [0.2, 0.25) is 5.91 Å². The Labute approximate surface area is 273 Å². The number of carbonyl (C=O) groups is 1. The average molecular weight is 673 g/mol. The fraction of sp³-hybridized carbons (Fsp3) is 0.290. The number of amides is 1. The molecule has 0 spiro atoms. The number of nitrogens with zero attached hydrogens (tertiary/aromatic N) is 6. The summed E-state index contributed by atoms with van der Waals surface area (Å²) in [7, 11) is 0. The second-order valence-electron chi connectivity index (χ2n) is 11.0. The summed E-state index contributed by atoms with van der Waals surface area (Å²) in [6.07, 6.45) is 1.52. The first-order chi connectivity index (χ1) is 21.4. The predicted molar refractivity (Wildman–Crippen MR) is 169 cm³/mol. The van der Waals surface area contributed by atoms with Crippen molar-refractivity contribution in [2.24, 2.45) is 0 Å². The average Bonchev–Trinajstić information content (AvgIpc) is 3.02. The molecule has 0 bridgehead atoms. The van der Waals surface area contributed by atoms with Crippen LogP contribution in [-0.4, -0.2) is 57.6 Å². The number of aromatic nitrogens is 2. The molecule has 3 atom stereocenters. The van der Waals surface area contributed by atoms with Crippen molar-refractivity contribution in [2.45, 2.75) is 39.1 Å². The molecule has 1 fully saturated rings. The van der Waals surface area contributed by atoms with Gasteiger partial charge in [-0.05, 0) is 44.5 Å². The van der Waals surface area contributed by atoms with E-state index in [9.17, 15) is 18.8 Å². The molecule has 6 rings (SSSR count). The maximum absolute atomic E-state index is 14.9. The van der Waals surface area contributed by atoms with Crippen molar-refractivity contribution in [3.8, 4) is 17.3 Å². The minimum Gasteiger partial charge on any atom is -0.395 e. The van der Waals surface area contributed by atoms with Crippen LogP contribution in [-0.2, 0) is 9.53 Å². The number of hydrogen-bond acceptors (Lipinski definition) is 8. The number of rotatable bonds is 3. The van der Waals surface area contributed by atoms with Crippen LogP contribution in [0.5, 0.6) is 0 Å². The number of fused-ring (bicyclic) bond motifs is 5. The van der Waals surface area contributed by atoms with Gasteiger partial charge in [-0.15, -0.1) is 0 Å². The van der Waals surface area contributed by atoms with E-state index in [2.05, 4.69) is 17.6 Å². The normalized spacial score (nSPS) is 20.8. The predicted octanol–water partition coefficient (Wildman–Crippen LogP) is 6.80. The summed E-state index contributed by atoms with van der Waals surface area (Å²) >= 11 is 19.6. The Morgan fingerprint density at radius 1 is 1.22 bits per heavy atom. The zero-order chi connectivity index (χ0) is 32.5. The minimum absolute atomic E-state index is 0.000791. The molecule has 0 saturated carbocycles. The largest absolute Gasteiger partial charge is 0.395 e. The SMILES string of the molecule is C=CC(=O)N1CCN(C2=C(C#N)C3OC(C)c4nccc(C)c4N3c3nc(-c4c(Cl)c(N)c(F)c(F)c4Cl)c(Cl)cc32)C[C@H]1C. The van der Waals surface area contributed by atoms with Gasteiger partial charge in [-0.2, -0.15) is 5.26 Å². The summed E-state index contributed by atoms with van der Waals surface area (Å²) in [5.74, 6) is -2.67. The highest BCUT2D eigenvalue weighted by molar-refractivity contribution is 6.42. The number of anilines is 3. The molecule has 232 valence electrons. The first-order valence-corrected chi connectivity index (χ1v) is 15.1. The highest BCUT2D eigenvalue weighted by Crippen LogP contribution is 2.52. The summed E-state index contributed by atoms with van der Waals surface area (Å²) in [5.41, 5.74) is 8.34. The Hall–Kier alpha value is -3.95. The third-order valence-corrected chi connectivity index (χ3v) is 9.38. The highest BCUT2D eigenvalue weighted by Gasteiger charge is 2.45. The van der Waals surface area contributed by atoms with E-state index in [1.165, 1.54) is 6.08 Å². The van der Waals surface area contributed by atoms with Crippen LogP contribution in [0.2, 0.25) is 15.1 Å². The maximum Gasteiger partial charge on any atom is 0.246 e. The third kappa shape index (κ3) is 4.70. The Morgan fingerprint density at radius 2 is 1.96 bits per heavy atom. The molecule has 2 N–H and O–H groups in total. The summed E-state index contributed by atoms with van der Waals surface area (Å²) in [6, 6.07) is 5.56. The molecule has 1 aromatic carbocycles. The van der Waals surface area contributed by atoms with Crippen LogP contribution in [0.15, 0.2) is 36.6 Å². The monoisotopic (exact) mass is 671 g/mol. The second-order valence-corrected chi connectivity index (χ2v) is 12.2. The fourth-order valence-corrected chi connectivity index (χ4v) is 7.05. The fourth-order valence-electron chi connectivity index (χ4n) is 6.22. The van der Waals surface area contributed by atoms with Crippen LogP contribution < -0.4 is 10.6 Å². The van der Waals surface area contributed by atoms with Crippen molar-refractivity contribution in [1.29, 1.82) is 5.26 Å². The molecular weight excluding hydrogens is 647 g/mol. The van der Waals surface area contributed by atoms with Gasteiger partial charge in [-0.3, -0.25) is 14.7 Å². The van der Waals surface area contributed by atoms with Crippen molar-refractivity contribution in [1.82, 2.24) is 19.8 Å². The van der Waals surface area contributed by atoms with Crippen molar-refractivity contribution >= 4 is 63.6 Å². The van der Waals surface area contributed by atoms with Gasteiger partial charge in [0.15, 0.2) is 17.9 Å². The smallest absolute Gasteiger partial charge is 0.246 e. The van der Waals surface area contributed by atoms with E-state index in [-0.39, 0.29) is 33.3 Å². The third-order valence-electron chi connectivity index (χ3n) is 8.35. The lowest BCUT2D eigenvalue weighted by atomic mass is 9.93. The number of nitrogen functional groups attached to an aromatic ring is 1. The minimum atomic E-state index is -1.39. The van der Waals surface area contributed by atoms with Crippen molar-refractivity contribution in [3.63, 3.8) is 0 Å². The van der Waals surface area contributed by atoms with Gasteiger partial charge in [0.05, 0.1) is 43.5 Å². The lowest BCUT2D eigenvalue weighted by molar-refractivity contribution is -0.129. The van der Waals surface area contributed by atoms with Crippen LogP contribution in [0, 0.1) is 29.9 Å². The Morgan fingerprint density at radius 3 is 2.62 bits per heavy atom. The molecule has 3 aliphatic rings. The lowest BCUT2D eigenvalue weighted by Gasteiger charge is -2.48. The Balaban J connectivity index is 1.63. The summed E-state index contributed by atoms with van der Waals surface area (Å²) in [5, 5.41) is 9.66. The number of halogens is 5. The first-order valence-electron chi connectivity index (χ1n) is 14.0. The molecule has 3 aliphatic heterocycles. The van der Waals surface area contributed by atoms with E-state index in [4.69, 9.17) is 50.3 Å². The number of aryl methyl sites for hydroxylation is 1. The molecule has 3 aromatic rings. The van der Waals surface area contributed by atoms with Gasteiger partial charge in [0.25, 0.3) is 0 Å². The number of carbonyl (C=O) groups excluding carboxylic acids is 1. The number of piperazine rings is 1. The van der Waals surface area contributed by atoms with Gasteiger partial charge in [-0.1, -0.05) is 41.4 Å². The van der Waals surface area contributed by atoms with E-state index in [1.54, 1.807) is 22.1 Å². The molecule has 9 nitrogen and oxygen atoms in total. The molecule has 2 aromatic heterocycles. The molecule has 0 aliphatic carbocycles. The van der Waals surface area contributed by atoms with Crippen LogP contribution in [0.4, 0.5) is 26.0 Å². The van der Waals surface area contributed by atoms with Crippen molar-refractivity contribution in [2.75, 3.05) is 30.3 Å². The molecule has 1 amide bonds. The van der Waals surface area contributed by atoms with Gasteiger partial charge >= 0.3 is 0 Å². The van der Waals surface area contributed by atoms with Crippen LogP contribution >= 0.6 is 34.8 Å². The standard InChI is InChI=1S/C31H26Cl3F2N7O2/c1-5-19(44)42-9-8-41(12-14(42)3)29-16-10-18(32)27(20-21(33)23(35)24(36)25(38)22(20)34)40-30(16)43-28-13(2)6-7-39-26(28)15(4)45-31(43)17(29)11-37/h5-7,10,14-15,31H,1,8-9,12,38H2,2-4H3/t14-,15?,31?/m1/s1. The van der Waals surface area contributed by atoms with Gasteiger partial charge < -0.3 is 20.3 Å². The first kappa shape index (κ1) is 31.0. The van der Waals surface area contributed by atoms with E-state index >= 15 is 0 Å². The number of pyridine rings is 2. The highest BCUT2D eigenvalue weighted by atomic mass is 35.5. The van der Waals surface area contributed by atoms with Crippen LogP contribution in [0.1, 0.15) is 36.8 Å². The topological polar surface area (TPSA) is 112 Å². The number of nitriles is 1. The summed E-state index contributed by atoms with van der Waals surface area (Å²) < 4.78 is 35.8. The van der Waals surface area contributed by atoms with E-state index in [1.807, 2.05) is 31.7 Å². The van der Waals surface area contributed by atoms with Gasteiger partial charge in [-0.25, -0.2) is 13.8 Å². The second kappa shape index (κ2) is 11.4. The molecule has 0 radical (unpaired) electrons. The zero-order valence-corrected chi connectivity index (χ0v) is 26.6. The summed E-state index contributed by atoms with van der Waals surface area (Å²) in [6.45, 7) is 10.4. The number of nitrogens with two attached hydrogens (primary N) is 1. The van der Waals surface area contributed by atoms with Crippen molar-refractivity contribution < 1.29 is 18.3 Å². The zero-order valence-electron chi connectivity index (χ0n) is 24.3. The molecule has 45 heavy (non-hydrogen) atoms. The molecule has 5 heterocycles. The van der Waals surface area contributed by atoms with Crippen LogP contribution in [0.25, 0.3) is 17.0 Å². The Kier molecular flexibility index (Phi) is 7.90. The lowest BCUT2D eigenvalue weighted by Crippen LogP contribution is -2.54. The number of ether oxygens (including phenoxy) is 1. The maximum atomic E-state index is 14.9. The van der Waals surface area contributed by atoms with E-state index < -0.39 is 34.7 Å². The quantitative estimate of drug-likeness (QED) is 0.140. The van der Waals surface area contributed by atoms with E-state index in [0.717, 1.165) is 5.56 Å². The number of hydrogen-bond donors (Lipinski definition) is 1. The molecule has 1 saturated heterocycles. The summed E-state index contributed by atoms with van der Waals surface area (Å²) in [4.78, 5) is 27.4.